The Balaban J connectivity index is 1.67. The van der Waals surface area contributed by atoms with E-state index >= 15 is 0 Å². The van der Waals surface area contributed by atoms with E-state index in [4.69, 9.17) is 4.74 Å². The number of carbonyl (C=O) groups excluding carboxylic acids is 1. The molecule has 0 radical (unpaired) electrons. The quantitative estimate of drug-likeness (QED) is 0.780. The van der Waals surface area contributed by atoms with Crippen LogP contribution in [0, 0.1) is 0 Å². The van der Waals surface area contributed by atoms with Gasteiger partial charge in [0, 0.05) is 24.7 Å². The number of fused-ring (bicyclic) bond motifs is 1. The molecule has 25 heavy (non-hydrogen) atoms. The molecule has 1 aliphatic rings. The van der Waals surface area contributed by atoms with E-state index in [-0.39, 0.29) is 17.2 Å². The maximum Gasteiger partial charge on any atom is 0.271 e. The Kier molecular flexibility index (Phi) is 4.33. The lowest BCUT2D eigenvalue weighted by atomic mass is 10.2. The van der Waals surface area contributed by atoms with Gasteiger partial charge in [-0.25, -0.2) is 4.98 Å². The van der Waals surface area contributed by atoms with Crippen molar-refractivity contribution >= 4 is 22.2 Å². The Morgan fingerprint density at radius 2 is 2.20 bits per heavy atom. The number of ether oxygens (including phenoxy) is 1. The van der Waals surface area contributed by atoms with Crippen LogP contribution < -0.4 is 10.9 Å². The molecule has 1 N–H and O–H groups in total. The smallest absolute Gasteiger partial charge is 0.271 e. The molecule has 1 saturated heterocycles. The molecule has 2 aromatic heterocycles. The zero-order valence-electron chi connectivity index (χ0n) is 13.5. The van der Waals surface area contributed by atoms with Gasteiger partial charge in [0.2, 0.25) is 0 Å². The van der Waals surface area contributed by atoms with Crippen LogP contribution in [-0.4, -0.2) is 34.5 Å². The van der Waals surface area contributed by atoms with Crippen molar-refractivity contribution in [3.63, 3.8) is 0 Å². The number of nitrogens with one attached hydrogen (secondary N) is 1. The number of aromatic nitrogens is 2. The molecule has 7 heteroatoms. The van der Waals surface area contributed by atoms with Crippen LogP contribution in [0.15, 0.2) is 46.7 Å². The number of rotatable bonds is 4. The molecule has 0 saturated carbocycles. The summed E-state index contributed by atoms with van der Waals surface area (Å²) in [4.78, 5) is 30.1. The van der Waals surface area contributed by atoms with Crippen molar-refractivity contribution in [3.8, 4) is 11.3 Å². The van der Waals surface area contributed by atoms with Crippen LogP contribution in [0.5, 0.6) is 0 Å². The predicted molar refractivity (Wildman–Crippen MR) is 96.1 cm³/mol. The van der Waals surface area contributed by atoms with Gasteiger partial charge >= 0.3 is 0 Å². The van der Waals surface area contributed by atoms with E-state index in [2.05, 4.69) is 10.3 Å². The van der Waals surface area contributed by atoms with Gasteiger partial charge in [0.25, 0.3) is 11.5 Å². The topological polar surface area (TPSA) is 72.7 Å². The highest BCUT2D eigenvalue weighted by Crippen LogP contribution is 2.23. The minimum atomic E-state index is -0.410. The molecule has 0 bridgehead atoms. The first-order chi connectivity index (χ1) is 12.2. The fraction of sp³-hybridized carbons (Fsp3) is 0.278. The highest BCUT2D eigenvalue weighted by molar-refractivity contribution is 7.15. The van der Waals surface area contributed by atoms with Crippen LogP contribution in [0.1, 0.15) is 23.2 Å². The van der Waals surface area contributed by atoms with Gasteiger partial charge in [-0.1, -0.05) is 30.3 Å². The van der Waals surface area contributed by atoms with E-state index in [9.17, 15) is 9.59 Å². The average molecular weight is 355 g/mol. The number of thiazole rings is 1. The molecule has 4 rings (SSSR count). The van der Waals surface area contributed by atoms with Gasteiger partial charge in [-0.2, -0.15) is 0 Å². The summed E-state index contributed by atoms with van der Waals surface area (Å²) in [6.07, 6.45) is 3.32. The van der Waals surface area contributed by atoms with E-state index in [0.29, 0.717) is 11.5 Å². The Labute approximate surface area is 148 Å². The van der Waals surface area contributed by atoms with Crippen LogP contribution >= 0.6 is 11.3 Å². The summed E-state index contributed by atoms with van der Waals surface area (Å²) in [5.41, 5.74) is 1.35. The standard InChI is InChI=1S/C18H17N3O3S/c22-16(19-9-13-7-4-8-24-13)14-10-20-18-21(17(14)23)15(11-25-18)12-5-2-1-3-6-12/h1-3,5-6,10-11,13H,4,7-9H2,(H,19,22). The van der Waals surface area contributed by atoms with Crippen LogP contribution in [0.3, 0.4) is 0 Å². The van der Waals surface area contributed by atoms with Gasteiger partial charge in [0.05, 0.1) is 11.8 Å². The van der Waals surface area contributed by atoms with Gasteiger partial charge in [-0.3, -0.25) is 14.0 Å². The molecule has 1 unspecified atom stereocenters. The molecule has 1 atom stereocenters. The van der Waals surface area contributed by atoms with Gasteiger partial charge < -0.3 is 10.1 Å². The summed E-state index contributed by atoms with van der Waals surface area (Å²) in [7, 11) is 0. The van der Waals surface area contributed by atoms with E-state index < -0.39 is 5.91 Å². The fourth-order valence-electron chi connectivity index (χ4n) is 2.97. The third kappa shape index (κ3) is 3.08. The van der Waals surface area contributed by atoms with Crippen molar-refractivity contribution in [2.45, 2.75) is 18.9 Å². The number of amides is 1. The number of carbonyl (C=O) groups is 1. The predicted octanol–water partition coefficient (Wildman–Crippen LogP) is 2.33. The van der Waals surface area contributed by atoms with E-state index in [1.165, 1.54) is 21.9 Å². The van der Waals surface area contributed by atoms with Crippen molar-refractivity contribution in [2.24, 2.45) is 0 Å². The van der Waals surface area contributed by atoms with E-state index in [1.54, 1.807) is 0 Å². The second kappa shape index (κ2) is 6.78. The first-order valence-electron chi connectivity index (χ1n) is 8.18. The van der Waals surface area contributed by atoms with Crippen molar-refractivity contribution in [3.05, 3.63) is 57.8 Å². The first-order valence-corrected chi connectivity index (χ1v) is 9.06. The molecule has 6 nitrogen and oxygen atoms in total. The molecular weight excluding hydrogens is 338 g/mol. The van der Waals surface area contributed by atoms with E-state index in [0.717, 1.165) is 30.7 Å². The summed E-state index contributed by atoms with van der Waals surface area (Å²) in [5.74, 6) is -0.410. The van der Waals surface area contributed by atoms with Gasteiger partial charge in [-0.05, 0) is 18.4 Å². The third-order valence-corrected chi connectivity index (χ3v) is 5.11. The second-order valence-corrected chi connectivity index (χ2v) is 6.76. The first kappa shape index (κ1) is 16.0. The number of hydrogen-bond donors (Lipinski definition) is 1. The molecule has 1 aromatic carbocycles. The zero-order valence-corrected chi connectivity index (χ0v) is 14.3. The van der Waals surface area contributed by atoms with Crippen LogP contribution in [0.25, 0.3) is 16.2 Å². The Morgan fingerprint density at radius 3 is 2.96 bits per heavy atom. The molecule has 1 aliphatic heterocycles. The molecule has 3 aromatic rings. The Hall–Kier alpha value is -2.51. The van der Waals surface area contributed by atoms with Gasteiger partial charge in [-0.15, -0.1) is 11.3 Å². The molecule has 3 heterocycles. The zero-order chi connectivity index (χ0) is 17.2. The second-order valence-electron chi connectivity index (χ2n) is 5.93. The number of nitrogens with zero attached hydrogens (tertiary/aromatic N) is 2. The molecule has 0 aliphatic carbocycles. The summed E-state index contributed by atoms with van der Waals surface area (Å²) in [5, 5.41) is 4.67. The normalized spacial score (nSPS) is 17.0. The monoisotopic (exact) mass is 355 g/mol. The summed E-state index contributed by atoms with van der Waals surface area (Å²) < 4.78 is 6.99. The summed E-state index contributed by atoms with van der Waals surface area (Å²) >= 11 is 1.38. The summed E-state index contributed by atoms with van der Waals surface area (Å²) in [6, 6.07) is 9.60. The lowest BCUT2D eigenvalue weighted by Crippen LogP contribution is -2.36. The molecule has 128 valence electrons. The van der Waals surface area contributed by atoms with Crippen molar-refractivity contribution in [2.75, 3.05) is 13.2 Å². The Bertz CT molecular complexity index is 959. The Morgan fingerprint density at radius 1 is 1.36 bits per heavy atom. The van der Waals surface area contributed by atoms with Crippen LogP contribution in [0.2, 0.25) is 0 Å². The molecule has 0 spiro atoms. The highest BCUT2D eigenvalue weighted by atomic mass is 32.1. The third-order valence-electron chi connectivity index (χ3n) is 4.27. The number of benzene rings is 1. The minimum absolute atomic E-state index is 0.0319. The van der Waals surface area contributed by atoms with Crippen molar-refractivity contribution in [1.82, 2.24) is 14.7 Å². The highest BCUT2D eigenvalue weighted by Gasteiger charge is 2.20. The summed E-state index contributed by atoms with van der Waals surface area (Å²) in [6.45, 7) is 1.14. The van der Waals surface area contributed by atoms with Gasteiger partial charge in [0.15, 0.2) is 4.96 Å². The lowest BCUT2D eigenvalue weighted by molar-refractivity contribution is 0.0856. The van der Waals surface area contributed by atoms with Crippen LogP contribution in [0.4, 0.5) is 0 Å². The fourth-order valence-corrected chi connectivity index (χ4v) is 3.82. The average Bonchev–Trinajstić information content (AvgIpc) is 3.31. The van der Waals surface area contributed by atoms with Crippen molar-refractivity contribution in [1.29, 1.82) is 0 Å². The maximum atomic E-state index is 12.9. The molecule has 1 fully saturated rings. The maximum absolute atomic E-state index is 12.9. The molecular formula is C18H17N3O3S. The van der Waals surface area contributed by atoms with Crippen molar-refractivity contribution < 1.29 is 9.53 Å². The molecule has 1 amide bonds. The largest absolute Gasteiger partial charge is 0.376 e. The van der Waals surface area contributed by atoms with E-state index in [1.807, 2.05) is 35.7 Å². The van der Waals surface area contributed by atoms with Crippen LogP contribution in [-0.2, 0) is 4.74 Å². The lowest BCUT2D eigenvalue weighted by Gasteiger charge is -2.10. The SMILES string of the molecule is O=C(NCC1CCCO1)c1cnc2scc(-c3ccccc3)n2c1=O. The number of hydrogen-bond acceptors (Lipinski definition) is 5. The minimum Gasteiger partial charge on any atom is -0.376 e. The van der Waals surface area contributed by atoms with Gasteiger partial charge in [0.1, 0.15) is 5.56 Å².